The Kier molecular flexibility index (Phi) is 4.36. The number of fused-ring (bicyclic) bond motifs is 1. The molecule has 0 saturated carbocycles. The minimum absolute atomic E-state index is 0.00515. The first-order valence-electron chi connectivity index (χ1n) is 8.69. The first-order valence-corrected chi connectivity index (χ1v) is 8.69. The molecule has 1 N–H and O–H groups in total. The number of carbonyl (C=O) groups is 1. The van der Waals surface area contributed by atoms with Gasteiger partial charge in [0.1, 0.15) is 11.5 Å². The smallest absolute Gasteiger partial charge is 0.272 e. The van der Waals surface area contributed by atoms with Crippen molar-refractivity contribution in [2.75, 3.05) is 31.6 Å². The molecule has 0 bridgehead atoms. The number of likely N-dealkylation sites (tertiary alicyclic amines) is 1. The molecule has 2 aromatic rings. The van der Waals surface area contributed by atoms with Gasteiger partial charge in [0, 0.05) is 43.9 Å². The van der Waals surface area contributed by atoms with Crippen molar-refractivity contribution < 1.29 is 9.53 Å². The summed E-state index contributed by atoms with van der Waals surface area (Å²) in [5.74, 6) is 1.62. The Morgan fingerprint density at radius 1 is 1.28 bits per heavy atom. The van der Waals surface area contributed by atoms with E-state index in [1.165, 1.54) is 0 Å². The van der Waals surface area contributed by atoms with Crippen LogP contribution in [0.15, 0.2) is 42.7 Å². The number of carbonyl (C=O) groups excluding carboxylic acids is 1. The van der Waals surface area contributed by atoms with Gasteiger partial charge >= 0.3 is 0 Å². The maximum atomic E-state index is 12.7. The summed E-state index contributed by atoms with van der Waals surface area (Å²) in [5.41, 5.74) is 1.56. The first-order chi connectivity index (χ1) is 12.2. The lowest BCUT2D eigenvalue weighted by molar-refractivity contribution is 0.0675. The van der Waals surface area contributed by atoms with E-state index in [4.69, 9.17) is 4.74 Å². The number of aromatic nitrogens is 2. The molecule has 4 rings (SSSR count). The van der Waals surface area contributed by atoms with Crippen molar-refractivity contribution in [1.82, 2.24) is 14.9 Å². The topological polar surface area (TPSA) is 67.4 Å². The van der Waals surface area contributed by atoms with E-state index in [1.807, 2.05) is 36.1 Å². The lowest BCUT2D eigenvalue weighted by atomic mass is 9.93. The number of anilines is 1. The molecule has 0 aliphatic carbocycles. The van der Waals surface area contributed by atoms with Crippen LogP contribution in [-0.2, 0) is 4.74 Å². The van der Waals surface area contributed by atoms with Gasteiger partial charge in [0.15, 0.2) is 0 Å². The molecule has 2 aromatic heterocycles. The van der Waals surface area contributed by atoms with Crippen LogP contribution in [0.1, 0.15) is 16.1 Å². The highest BCUT2D eigenvalue weighted by Gasteiger charge is 2.45. The van der Waals surface area contributed by atoms with Crippen LogP contribution in [0, 0.1) is 18.8 Å². The van der Waals surface area contributed by atoms with Crippen LogP contribution in [0.3, 0.4) is 0 Å². The van der Waals surface area contributed by atoms with E-state index in [0.717, 1.165) is 31.1 Å². The fraction of sp³-hybridized carbons (Fsp3) is 0.421. The summed E-state index contributed by atoms with van der Waals surface area (Å²) in [6.45, 7) is 4.89. The molecule has 4 heterocycles. The van der Waals surface area contributed by atoms with Crippen LogP contribution in [0.4, 0.5) is 5.82 Å². The van der Waals surface area contributed by atoms with Crippen LogP contribution in [0.25, 0.3) is 0 Å². The van der Waals surface area contributed by atoms with E-state index >= 15 is 0 Å². The number of aryl methyl sites for hydroxylation is 1. The number of rotatable bonds is 4. The van der Waals surface area contributed by atoms with E-state index in [1.54, 1.807) is 18.5 Å². The van der Waals surface area contributed by atoms with Crippen LogP contribution >= 0.6 is 0 Å². The number of hydrogen-bond acceptors (Lipinski definition) is 5. The molecule has 2 fully saturated rings. The molecule has 0 spiro atoms. The van der Waals surface area contributed by atoms with Gasteiger partial charge < -0.3 is 15.0 Å². The van der Waals surface area contributed by atoms with Crippen molar-refractivity contribution in [3.05, 3.63) is 54.0 Å². The summed E-state index contributed by atoms with van der Waals surface area (Å²) < 4.78 is 5.94. The van der Waals surface area contributed by atoms with Crippen molar-refractivity contribution in [2.45, 2.75) is 13.0 Å². The number of nitrogens with zero attached hydrogens (tertiary/aromatic N) is 3. The Morgan fingerprint density at radius 2 is 2.20 bits per heavy atom. The lowest BCUT2D eigenvalue weighted by Crippen LogP contribution is -2.32. The van der Waals surface area contributed by atoms with Crippen molar-refractivity contribution in [3.8, 4) is 0 Å². The summed E-state index contributed by atoms with van der Waals surface area (Å²) >= 11 is 0. The van der Waals surface area contributed by atoms with Crippen LogP contribution in [0.2, 0.25) is 0 Å². The molecular weight excluding hydrogens is 316 g/mol. The van der Waals surface area contributed by atoms with Gasteiger partial charge in [0.05, 0.1) is 12.7 Å². The molecular formula is C19H22N4O2. The first kappa shape index (κ1) is 16.0. The summed E-state index contributed by atoms with van der Waals surface area (Å²) in [6.07, 6.45) is 3.64. The van der Waals surface area contributed by atoms with E-state index < -0.39 is 0 Å². The number of nitrogens with one attached hydrogen (secondary N) is 1. The molecule has 2 aliphatic heterocycles. The Hall–Kier alpha value is -2.47. The number of amides is 1. The molecule has 0 radical (unpaired) electrons. The largest absolute Gasteiger partial charge is 0.376 e. The van der Waals surface area contributed by atoms with Crippen LogP contribution in [-0.4, -0.2) is 53.1 Å². The third kappa shape index (κ3) is 3.35. The molecule has 6 nitrogen and oxygen atoms in total. The second kappa shape index (κ2) is 6.80. The summed E-state index contributed by atoms with van der Waals surface area (Å²) in [4.78, 5) is 23.1. The Labute approximate surface area is 147 Å². The molecule has 25 heavy (non-hydrogen) atoms. The molecule has 130 valence electrons. The third-order valence-corrected chi connectivity index (χ3v) is 5.07. The minimum Gasteiger partial charge on any atom is -0.376 e. The zero-order chi connectivity index (χ0) is 17.2. The van der Waals surface area contributed by atoms with Crippen LogP contribution < -0.4 is 5.32 Å². The SMILES string of the molecule is Cc1ccc(C(=O)N2C[C@H]3[C@H](CNc4ccccn4)CO[C@H]3C2)nc1. The van der Waals surface area contributed by atoms with Gasteiger partial charge in [-0.05, 0) is 30.7 Å². The van der Waals surface area contributed by atoms with Gasteiger partial charge in [-0.3, -0.25) is 9.78 Å². The maximum Gasteiger partial charge on any atom is 0.272 e. The molecule has 1 amide bonds. The minimum atomic E-state index is -0.00515. The summed E-state index contributed by atoms with van der Waals surface area (Å²) in [6, 6.07) is 9.55. The molecule has 2 aliphatic rings. The standard InChI is InChI=1S/C19H22N4O2/c1-13-5-6-16(21-8-13)19(24)23-10-15-14(12-25-17(15)11-23)9-22-18-4-2-3-7-20-18/h2-8,14-15,17H,9-12H2,1H3,(H,20,22)/t14-,15+,17+/m1/s1. The van der Waals surface area contributed by atoms with Gasteiger partial charge in [0.2, 0.25) is 0 Å². The third-order valence-electron chi connectivity index (χ3n) is 5.07. The van der Waals surface area contributed by atoms with Crippen molar-refractivity contribution in [2.24, 2.45) is 11.8 Å². The van der Waals surface area contributed by atoms with E-state index in [9.17, 15) is 4.79 Å². The van der Waals surface area contributed by atoms with E-state index in [-0.39, 0.29) is 12.0 Å². The predicted molar refractivity (Wildman–Crippen MR) is 94.3 cm³/mol. The van der Waals surface area contributed by atoms with Gasteiger partial charge in [-0.1, -0.05) is 12.1 Å². The fourth-order valence-electron chi connectivity index (χ4n) is 3.63. The van der Waals surface area contributed by atoms with Gasteiger partial charge in [0.25, 0.3) is 5.91 Å². The normalized spacial score (nSPS) is 25.0. The molecule has 0 aromatic carbocycles. The number of hydrogen-bond donors (Lipinski definition) is 1. The molecule has 0 unspecified atom stereocenters. The van der Waals surface area contributed by atoms with Gasteiger partial charge in [-0.15, -0.1) is 0 Å². The highest BCUT2D eigenvalue weighted by atomic mass is 16.5. The second-order valence-electron chi connectivity index (χ2n) is 6.82. The Bertz CT molecular complexity index is 735. The fourth-order valence-corrected chi connectivity index (χ4v) is 3.63. The zero-order valence-corrected chi connectivity index (χ0v) is 14.3. The highest BCUT2D eigenvalue weighted by Crippen LogP contribution is 2.34. The zero-order valence-electron chi connectivity index (χ0n) is 14.3. The van der Waals surface area contributed by atoms with E-state index in [0.29, 0.717) is 24.1 Å². The quantitative estimate of drug-likeness (QED) is 0.923. The average molecular weight is 338 g/mol. The van der Waals surface area contributed by atoms with E-state index in [2.05, 4.69) is 15.3 Å². The summed E-state index contributed by atoms with van der Waals surface area (Å²) in [7, 11) is 0. The Morgan fingerprint density at radius 3 is 2.96 bits per heavy atom. The summed E-state index contributed by atoms with van der Waals surface area (Å²) in [5, 5.41) is 3.37. The van der Waals surface area contributed by atoms with Crippen LogP contribution in [0.5, 0.6) is 0 Å². The predicted octanol–water partition coefficient (Wildman–Crippen LogP) is 1.98. The van der Waals surface area contributed by atoms with Crippen molar-refractivity contribution in [3.63, 3.8) is 0 Å². The van der Waals surface area contributed by atoms with Gasteiger partial charge in [-0.2, -0.15) is 0 Å². The monoisotopic (exact) mass is 338 g/mol. The maximum absolute atomic E-state index is 12.7. The number of ether oxygens (including phenoxy) is 1. The Balaban J connectivity index is 1.37. The molecule has 6 heteroatoms. The van der Waals surface area contributed by atoms with Crippen molar-refractivity contribution >= 4 is 11.7 Å². The molecule has 2 saturated heterocycles. The van der Waals surface area contributed by atoms with Crippen molar-refractivity contribution in [1.29, 1.82) is 0 Å². The average Bonchev–Trinajstić information content (AvgIpc) is 3.22. The highest BCUT2D eigenvalue weighted by molar-refractivity contribution is 5.92. The van der Waals surface area contributed by atoms with Gasteiger partial charge in [-0.25, -0.2) is 4.98 Å². The number of pyridine rings is 2. The molecule has 3 atom stereocenters. The second-order valence-corrected chi connectivity index (χ2v) is 6.82. The lowest BCUT2D eigenvalue weighted by Gasteiger charge is -2.20.